The number of carboxylic acid groups (broad SMARTS) is 1. The van der Waals surface area contributed by atoms with Gasteiger partial charge in [0.2, 0.25) is 5.43 Å². The number of hydrogen-bond donors (Lipinski definition) is 1. The number of halogens is 1. The van der Waals surface area contributed by atoms with Crippen molar-refractivity contribution in [2.75, 3.05) is 0 Å². The third kappa shape index (κ3) is 2.70. The summed E-state index contributed by atoms with van der Waals surface area (Å²) < 4.78 is 1.75. The van der Waals surface area contributed by atoms with Gasteiger partial charge >= 0.3 is 5.97 Å². The largest absolute Gasteiger partial charge is 0.477 e. The van der Waals surface area contributed by atoms with Crippen LogP contribution in [-0.4, -0.2) is 15.6 Å². The fraction of sp³-hybridized carbons (Fsp3) is 0.333. The predicted octanol–water partition coefficient (Wildman–Crippen LogP) is 3.40. The van der Waals surface area contributed by atoms with Gasteiger partial charge in [-0.2, -0.15) is 0 Å². The standard InChI is InChI=1S/C15H16ClNO3/c1-15(2,3)8-17-7-10(14(19)20)13(18)9-5-4-6-11(16)12(9)17/h4-7H,8H2,1-3H3,(H,19,20). The summed E-state index contributed by atoms with van der Waals surface area (Å²) in [6.45, 7) is 6.67. The van der Waals surface area contributed by atoms with Crippen molar-refractivity contribution in [3.05, 3.63) is 45.2 Å². The van der Waals surface area contributed by atoms with Crippen molar-refractivity contribution >= 4 is 28.5 Å². The van der Waals surface area contributed by atoms with Crippen LogP contribution in [0.25, 0.3) is 10.9 Å². The van der Waals surface area contributed by atoms with E-state index in [1.54, 1.807) is 22.8 Å². The Morgan fingerprint density at radius 1 is 1.35 bits per heavy atom. The average molecular weight is 294 g/mol. The van der Waals surface area contributed by atoms with Gasteiger partial charge < -0.3 is 9.67 Å². The minimum atomic E-state index is -1.22. The average Bonchev–Trinajstić information content (AvgIpc) is 2.30. The van der Waals surface area contributed by atoms with Gasteiger partial charge in [-0.1, -0.05) is 38.4 Å². The second-order valence-corrected chi connectivity index (χ2v) is 6.41. The van der Waals surface area contributed by atoms with Gasteiger partial charge in [0, 0.05) is 18.1 Å². The van der Waals surface area contributed by atoms with Crippen molar-refractivity contribution in [3.8, 4) is 0 Å². The molecule has 0 amide bonds. The van der Waals surface area contributed by atoms with Crippen LogP contribution in [0.2, 0.25) is 5.02 Å². The number of benzene rings is 1. The van der Waals surface area contributed by atoms with Crippen LogP contribution in [0.5, 0.6) is 0 Å². The second-order valence-electron chi connectivity index (χ2n) is 6.00. The molecule has 0 aliphatic carbocycles. The van der Waals surface area contributed by atoms with Crippen LogP contribution in [0.4, 0.5) is 0 Å². The van der Waals surface area contributed by atoms with Crippen LogP contribution < -0.4 is 5.43 Å². The Bertz CT molecular complexity index is 741. The molecule has 0 spiro atoms. The molecular weight excluding hydrogens is 278 g/mol. The molecule has 1 aromatic heterocycles. The molecule has 2 aromatic rings. The number of pyridine rings is 1. The summed E-state index contributed by atoms with van der Waals surface area (Å²) in [4.78, 5) is 23.4. The van der Waals surface area contributed by atoms with Crippen LogP contribution in [0, 0.1) is 5.41 Å². The first-order valence-corrected chi connectivity index (χ1v) is 6.63. The molecule has 0 radical (unpaired) electrons. The number of para-hydroxylation sites is 1. The SMILES string of the molecule is CC(C)(C)Cn1cc(C(=O)O)c(=O)c2cccc(Cl)c21. The lowest BCUT2D eigenvalue weighted by Gasteiger charge is -2.22. The first-order chi connectivity index (χ1) is 9.20. The highest BCUT2D eigenvalue weighted by Gasteiger charge is 2.19. The highest BCUT2D eigenvalue weighted by atomic mass is 35.5. The lowest BCUT2D eigenvalue weighted by atomic mass is 9.96. The summed E-state index contributed by atoms with van der Waals surface area (Å²) in [7, 11) is 0. The normalized spacial score (nSPS) is 11.8. The van der Waals surface area contributed by atoms with Gasteiger partial charge in [-0.15, -0.1) is 0 Å². The van der Waals surface area contributed by atoms with E-state index < -0.39 is 11.4 Å². The predicted molar refractivity (Wildman–Crippen MR) is 79.6 cm³/mol. The summed E-state index contributed by atoms with van der Waals surface area (Å²) >= 11 is 6.19. The van der Waals surface area contributed by atoms with Crippen molar-refractivity contribution in [2.45, 2.75) is 27.3 Å². The summed E-state index contributed by atoms with van der Waals surface area (Å²) in [6.07, 6.45) is 1.38. The minimum absolute atomic E-state index is 0.0725. The molecule has 2 rings (SSSR count). The Morgan fingerprint density at radius 2 is 2.00 bits per heavy atom. The zero-order valence-electron chi connectivity index (χ0n) is 11.6. The molecule has 106 valence electrons. The van der Waals surface area contributed by atoms with Gasteiger partial charge in [0.05, 0.1) is 10.5 Å². The quantitative estimate of drug-likeness (QED) is 0.923. The van der Waals surface area contributed by atoms with Gasteiger partial charge in [-0.05, 0) is 17.5 Å². The molecule has 20 heavy (non-hydrogen) atoms. The molecule has 0 unspecified atom stereocenters. The lowest BCUT2D eigenvalue weighted by Crippen LogP contribution is -2.23. The summed E-state index contributed by atoms with van der Waals surface area (Å²) in [5.74, 6) is -1.22. The van der Waals surface area contributed by atoms with Crippen molar-refractivity contribution in [2.24, 2.45) is 5.41 Å². The van der Waals surface area contributed by atoms with Gasteiger partial charge in [0.25, 0.3) is 0 Å². The van der Waals surface area contributed by atoms with E-state index in [1.165, 1.54) is 6.20 Å². The number of rotatable bonds is 2. The van der Waals surface area contributed by atoms with Crippen molar-refractivity contribution in [1.82, 2.24) is 4.57 Å². The van der Waals surface area contributed by atoms with Crippen LogP contribution in [0.3, 0.4) is 0 Å². The van der Waals surface area contributed by atoms with Crippen LogP contribution >= 0.6 is 11.6 Å². The molecule has 0 aliphatic rings. The fourth-order valence-electron chi connectivity index (χ4n) is 2.20. The van der Waals surface area contributed by atoms with E-state index in [0.29, 0.717) is 22.5 Å². The first-order valence-electron chi connectivity index (χ1n) is 6.26. The molecule has 0 atom stereocenters. The topological polar surface area (TPSA) is 59.3 Å². The van der Waals surface area contributed by atoms with Crippen molar-refractivity contribution in [1.29, 1.82) is 0 Å². The van der Waals surface area contributed by atoms with E-state index in [0.717, 1.165) is 0 Å². The van der Waals surface area contributed by atoms with Crippen molar-refractivity contribution < 1.29 is 9.90 Å². The highest BCUT2D eigenvalue weighted by Crippen LogP contribution is 2.25. The van der Waals surface area contributed by atoms with Gasteiger partial charge in [-0.3, -0.25) is 4.79 Å². The minimum Gasteiger partial charge on any atom is -0.477 e. The summed E-state index contributed by atoms with van der Waals surface area (Å²) in [6, 6.07) is 4.96. The molecule has 0 bridgehead atoms. The van der Waals surface area contributed by atoms with E-state index in [-0.39, 0.29) is 11.0 Å². The van der Waals surface area contributed by atoms with Crippen molar-refractivity contribution in [3.63, 3.8) is 0 Å². The smallest absolute Gasteiger partial charge is 0.341 e. The van der Waals surface area contributed by atoms with E-state index in [2.05, 4.69) is 0 Å². The van der Waals surface area contributed by atoms with Crippen LogP contribution in [0.15, 0.2) is 29.2 Å². The zero-order valence-corrected chi connectivity index (χ0v) is 12.4. The Labute approximate surface area is 121 Å². The lowest BCUT2D eigenvalue weighted by molar-refractivity contribution is 0.0694. The van der Waals surface area contributed by atoms with Gasteiger partial charge in [-0.25, -0.2) is 4.79 Å². The maximum atomic E-state index is 12.2. The first kappa shape index (κ1) is 14.6. The zero-order chi connectivity index (χ0) is 15.1. The number of hydrogen-bond acceptors (Lipinski definition) is 2. The van der Waals surface area contributed by atoms with E-state index >= 15 is 0 Å². The summed E-state index contributed by atoms with van der Waals surface area (Å²) in [5.41, 5.74) is -0.222. The number of aromatic carboxylic acids is 1. The fourth-order valence-corrected chi connectivity index (χ4v) is 2.49. The third-order valence-electron chi connectivity index (χ3n) is 2.92. The Morgan fingerprint density at radius 3 is 2.55 bits per heavy atom. The molecule has 1 heterocycles. The van der Waals surface area contributed by atoms with Crippen LogP contribution in [-0.2, 0) is 6.54 Å². The molecule has 5 heteroatoms. The third-order valence-corrected chi connectivity index (χ3v) is 3.23. The Hall–Kier alpha value is -1.81. The molecule has 1 aromatic carbocycles. The molecule has 4 nitrogen and oxygen atoms in total. The molecule has 1 N–H and O–H groups in total. The maximum Gasteiger partial charge on any atom is 0.341 e. The number of aromatic nitrogens is 1. The van der Waals surface area contributed by atoms with Gasteiger partial charge in [0.15, 0.2) is 0 Å². The van der Waals surface area contributed by atoms with E-state index in [9.17, 15) is 14.7 Å². The summed E-state index contributed by atoms with van der Waals surface area (Å²) in [5, 5.41) is 9.95. The number of fused-ring (bicyclic) bond motifs is 1. The van der Waals surface area contributed by atoms with E-state index in [4.69, 9.17) is 11.6 Å². The molecule has 0 saturated carbocycles. The van der Waals surface area contributed by atoms with E-state index in [1.807, 2.05) is 20.8 Å². The number of carboxylic acids is 1. The molecule has 0 aliphatic heterocycles. The monoisotopic (exact) mass is 293 g/mol. The number of carbonyl (C=O) groups is 1. The molecular formula is C15H16ClNO3. The second kappa shape index (κ2) is 4.94. The number of nitrogens with zero attached hydrogens (tertiary/aromatic N) is 1. The maximum absolute atomic E-state index is 12.2. The van der Waals surface area contributed by atoms with Crippen LogP contribution in [0.1, 0.15) is 31.1 Å². The molecule has 0 saturated heterocycles. The van der Waals surface area contributed by atoms with Gasteiger partial charge in [0.1, 0.15) is 5.56 Å². The molecule has 0 fully saturated rings. The highest BCUT2D eigenvalue weighted by molar-refractivity contribution is 6.35. The Kier molecular flexibility index (Phi) is 3.61. The Balaban J connectivity index is 2.87.